The number of carbonyl (C=O) groups is 2. The van der Waals surface area contributed by atoms with Crippen molar-refractivity contribution in [3.05, 3.63) is 64.4 Å². The van der Waals surface area contributed by atoms with Crippen LogP contribution in [0, 0.1) is 0 Å². The Kier molecular flexibility index (Phi) is 5.79. The van der Waals surface area contributed by atoms with Crippen LogP contribution in [0.1, 0.15) is 31.2 Å². The molecule has 8 heteroatoms. The average molecular weight is 484 g/mol. The third-order valence-corrected chi connectivity index (χ3v) is 7.40. The number of nitrogens with one attached hydrogen (secondary N) is 1. The number of aryl methyl sites for hydroxylation is 2. The van der Waals surface area contributed by atoms with Crippen LogP contribution < -0.4 is 10.9 Å². The fourth-order valence-corrected chi connectivity index (χ4v) is 5.64. The molecule has 0 radical (unpaired) electrons. The van der Waals surface area contributed by atoms with Gasteiger partial charge in [0.15, 0.2) is 5.82 Å². The van der Waals surface area contributed by atoms with E-state index in [4.69, 9.17) is 4.98 Å². The minimum atomic E-state index is -0.0210. The van der Waals surface area contributed by atoms with E-state index in [2.05, 4.69) is 22.0 Å². The maximum atomic E-state index is 13.3. The van der Waals surface area contributed by atoms with E-state index < -0.39 is 0 Å². The number of fused-ring (bicyclic) bond motifs is 6. The Morgan fingerprint density at radius 1 is 0.944 bits per heavy atom. The number of hydrogen-bond donors (Lipinski definition) is 1. The van der Waals surface area contributed by atoms with E-state index >= 15 is 0 Å². The van der Waals surface area contributed by atoms with Gasteiger partial charge in [0.2, 0.25) is 11.8 Å². The largest absolute Gasteiger partial charge is 0.356 e. The third kappa shape index (κ3) is 3.86. The van der Waals surface area contributed by atoms with E-state index in [1.54, 1.807) is 4.57 Å². The van der Waals surface area contributed by atoms with Crippen molar-refractivity contribution in [2.75, 3.05) is 19.6 Å². The molecule has 2 amide bonds. The zero-order valence-electron chi connectivity index (χ0n) is 20.2. The van der Waals surface area contributed by atoms with Crippen molar-refractivity contribution in [2.24, 2.45) is 0 Å². The third-order valence-electron chi connectivity index (χ3n) is 7.40. The molecular weight excluding hydrogens is 454 g/mol. The highest BCUT2D eigenvalue weighted by Crippen LogP contribution is 2.36. The van der Waals surface area contributed by atoms with Crippen LogP contribution in [0.25, 0.3) is 33.3 Å². The SMILES string of the molecule is O=C(CCn1c2c(c3ccccc31)CCn1c-2nc2ccccc2c1=O)NCCCN1CCCC1=O. The summed E-state index contributed by atoms with van der Waals surface area (Å²) in [5.41, 5.74) is 3.84. The molecule has 2 aliphatic rings. The van der Waals surface area contributed by atoms with Crippen LogP contribution in [-0.4, -0.2) is 50.5 Å². The molecule has 0 saturated carbocycles. The van der Waals surface area contributed by atoms with Gasteiger partial charge in [-0.1, -0.05) is 30.3 Å². The number of carbonyl (C=O) groups excluding carboxylic acids is 2. The van der Waals surface area contributed by atoms with Crippen molar-refractivity contribution in [3.63, 3.8) is 0 Å². The lowest BCUT2D eigenvalue weighted by Crippen LogP contribution is -2.31. The molecule has 2 aromatic carbocycles. The predicted octanol–water partition coefficient (Wildman–Crippen LogP) is 3.09. The van der Waals surface area contributed by atoms with Gasteiger partial charge >= 0.3 is 0 Å². The van der Waals surface area contributed by atoms with E-state index in [0.717, 1.165) is 42.4 Å². The summed E-state index contributed by atoms with van der Waals surface area (Å²) < 4.78 is 3.93. The van der Waals surface area contributed by atoms with Crippen molar-refractivity contribution in [3.8, 4) is 11.5 Å². The normalized spacial score (nSPS) is 14.9. The van der Waals surface area contributed by atoms with E-state index in [9.17, 15) is 14.4 Å². The smallest absolute Gasteiger partial charge is 0.261 e. The number of nitrogens with zero attached hydrogens (tertiary/aromatic N) is 4. The van der Waals surface area contributed by atoms with Crippen molar-refractivity contribution in [1.29, 1.82) is 0 Å². The summed E-state index contributed by atoms with van der Waals surface area (Å²) in [6, 6.07) is 15.7. The van der Waals surface area contributed by atoms with Crippen LogP contribution in [-0.2, 0) is 29.1 Å². The van der Waals surface area contributed by atoms with Gasteiger partial charge in [-0.2, -0.15) is 0 Å². The molecule has 0 unspecified atom stereocenters. The molecule has 1 fully saturated rings. The van der Waals surface area contributed by atoms with Crippen LogP contribution >= 0.6 is 0 Å². The Hall–Kier alpha value is -3.94. The Balaban J connectivity index is 1.26. The molecule has 0 spiro atoms. The fourth-order valence-electron chi connectivity index (χ4n) is 5.64. The van der Waals surface area contributed by atoms with Gasteiger partial charge in [0.1, 0.15) is 0 Å². The minimum absolute atomic E-state index is 0.0195. The van der Waals surface area contributed by atoms with Gasteiger partial charge in [0.25, 0.3) is 5.56 Å². The summed E-state index contributed by atoms with van der Waals surface area (Å²) in [4.78, 5) is 44.5. The van der Waals surface area contributed by atoms with Crippen LogP contribution in [0.2, 0.25) is 0 Å². The molecule has 4 aromatic rings. The molecule has 8 nitrogen and oxygen atoms in total. The average Bonchev–Trinajstić information content (AvgIpc) is 3.46. The lowest BCUT2D eigenvalue weighted by atomic mass is 10.0. The second-order valence-electron chi connectivity index (χ2n) is 9.59. The summed E-state index contributed by atoms with van der Waals surface area (Å²) in [5, 5.41) is 4.78. The number of benzene rings is 2. The zero-order chi connectivity index (χ0) is 24.6. The molecule has 184 valence electrons. The van der Waals surface area contributed by atoms with E-state index in [1.807, 2.05) is 41.3 Å². The van der Waals surface area contributed by atoms with Gasteiger partial charge in [-0.05, 0) is 43.0 Å². The fraction of sp³-hybridized carbons (Fsp3) is 0.357. The number of likely N-dealkylation sites (tertiary alicyclic amines) is 1. The Morgan fingerprint density at radius 2 is 1.75 bits per heavy atom. The molecule has 36 heavy (non-hydrogen) atoms. The summed E-state index contributed by atoms with van der Waals surface area (Å²) in [5.74, 6) is 0.868. The quantitative estimate of drug-likeness (QED) is 0.409. The maximum Gasteiger partial charge on any atom is 0.261 e. The first-order valence-corrected chi connectivity index (χ1v) is 12.8. The van der Waals surface area contributed by atoms with Crippen LogP contribution in [0.4, 0.5) is 0 Å². The van der Waals surface area contributed by atoms with Gasteiger partial charge in [0.05, 0.1) is 16.6 Å². The molecule has 0 atom stereocenters. The molecule has 1 saturated heterocycles. The van der Waals surface area contributed by atoms with E-state index in [1.165, 1.54) is 5.56 Å². The Labute approximate surface area is 208 Å². The molecule has 0 bridgehead atoms. The standard InChI is InChI=1S/C28H29N5O3/c34-24(29-14-6-16-31-15-5-11-25(31)35)13-18-32-23-10-4-2-7-19(23)20-12-17-33-27(26(20)32)30-22-9-3-1-8-21(22)28(33)36/h1-4,7-10H,5-6,11-18H2,(H,29,34). The summed E-state index contributed by atoms with van der Waals surface area (Å²) >= 11 is 0. The number of hydrogen-bond acceptors (Lipinski definition) is 4. The van der Waals surface area contributed by atoms with E-state index in [0.29, 0.717) is 55.7 Å². The number of aromatic nitrogens is 3. The number of para-hydroxylation sites is 2. The Bertz CT molecular complexity index is 1550. The molecule has 0 aliphatic carbocycles. The van der Waals surface area contributed by atoms with Crippen molar-refractivity contribution < 1.29 is 9.59 Å². The second-order valence-corrected chi connectivity index (χ2v) is 9.59. The van der Waals surface area contributed by atoms with Crippen molar-refractivity contribution >= 4 is 33.6 Å². The minimum Gasteiger partial charge on any atom is -0.356 e. The number of amides is 2. The molecule has 4 heterocycles. The topological polar surface area (TPSA) is 89.2 Å². The predicted molar refractivity (Wildman–Crippen MR) is 139 cm³/mol. The van der Waals surface area contributed by atoms with Gasteiger partial charge in [-0.3, -0.25) is 19.0 Å². The molecule has 1 N–H and O–H groups in total. The van der Waals surface area contributed by atoms with Crippen molar-refractivity contribution in [2.45, 2.75) is 45.2 Å². The van der Waals surface area contributed by atoms with Gasteiger partial charge in [-0.15, -0.1) is 0 Å². The first-order chi connectivity index (χ1) is 17.6. The lowest BCUT2D eigenvalue weighted by Gasteiger charge is -2.21. The van der Waals surface area contributed by atoms with Crippen LogP contribution in [0.15, 0.2) is 53.3 Å². The maximum absolute atomic E-state index is 13.3. The van der Waals surface area contributed by atoms with E-state index in [-0.39, 0.29) is 17.4 Å². The highest BCUT2D eigenvalue weighted by Gasteiger charge is 2.27. The van der Waals surface area contributed by atoms with Crippen LogP contribution in [0.3, 0.4) is 0 Å². The summed E-state index contributed by atoms with van der Waals surface area (Å²) in [6.45, 7) is 3.16. The number of rotatable bonds is 7. The molecule has 6 rings (SSSR count). The van der Waals surface area contributed by atoms with Gasteiger partial charge in [-0.25, -0.2) is 4.98 Å². The highest BCUT2D eigenvalue weighted by molar-refractivity contribution is 5.92. The van der Waals surface area contributed by atoms with Gasteiger partial charge in [0, 0.05) is 56.5 Å². The molecular formula is C28H29N5O3. The van der Waals surface area contributed by atoms with Gasteiger partial charge < -0.3 is 14.8 Å². The van der Waals surface area contributed by atoms with Crippen LogP contribution in [0.5, 0.6) is 0 Å². The summed E-state index contributed by atoms with van der Waals surface area (Å²) in [7, 11) is 0. The highest BCUT2D eigenvalue weighted by atomic mass is 16.2. The second kappa shape index (κ2) is 9.26. The monoisotopic (exact) mass is 483 g/mol. The zero-order valence-corrected chi connectivity index (χ0v) is 20.2. The first kappa shape index (κ1) is 22.5. The lowest BCUT2D eigenvalue weighted by molar-refractivity contribution is -0.127. The molecule has 2 aromatic heterocycles. The van der Waals surface area contributed by atoms with Crippen molar-refractivity contribution in [1.82, 2.24) is 24.3 Å². The molecule has 2 aliphatic heterocycles. The summed E-state index contributed by atoms with van der Waals surface area (Å²) in [6.07, 6.45) is 3.40. The Morgan fingerprint density at radius 3 is 2.58 bits per heavy atom. The first-order valence-electron chi connectivity index (χ1n) is 12.8.